The Bertz CT molecular complexity index is 1360. The molecule has 0 bridgehead atoms. The number of ether oxygens (including phenoxy) is 1. The molecule has 170 valence electrons. The standard InChI is InChI=1S/C28H24N2O4/c1-17-26(29-28(32)33-18(2)19-6-4-3-5-7-19)27(34-30-17)21-10-8-20(9-11-21)22-12-13-23-15-25(31)16-24(23)14-22/h3-14,18H,15-16H2,1-2H3,(H,29,32). The first-order chi connectivity index (χ1) is 16.5. The third-order valence-corrected chi connectivity index (χ3v) is 6.10. The van der Waals surface area contributed by atoms with Crippen LogP contribution in [0.1, 0.15) is 35.4 Å². The number of benzene rings is 3. The third kappa shape index (κ3) is 4.35. The lowest BCUT2D eigenvalue weighted by atomic mass is 9.99. The molecule has 1 amide bonds. The molecule has 34 heavy (non-hydrogen) atoms. The van der Waals surface area contributed by atoms with Crippen molar-refractivity contribution in [1.82, 2.24) is 5.16 Å². The summed E-state index contributed by atoms with van der Waals surface area (Å²) in [6.07, 6.45) is 0.0638. The number of nitrogens with zero attached hydrogens (tertiary/aromatic N) is 1. The second-order valence-corrected chi connectivity index (χ2v) is 8.51. The Kier molecular flexibility index (Phi) is 5.72. The Hall–Kier alpha value is -4.19. The Morgan fingerprint density at radius 2 is 1.62 bits per heavy atom. The summed E-state index contributed by atoms with van der Waals surface area (Å²) >= 11 is 0. The number of nitrogens with one attached hydrogen (secondary N) is 1. The number of aryl methyl sites for hydroxylation is 1. The van der Waals surface area contributed by atoms with E-state index in [-0.39, 0.29) is 5.78 Å². The van der Waals surface area contributed by atoms with Gasteiger partial charge in [-0.1, -0.05) is 78.0 Å². The number of carbonyl (C=O) groups is 2. The number of Topliss-reactive ketones (excluding diaryl/α,β-unsaturated/α-hetero) is 1. The minimum Gasteiger partial charge on any atom is -0.441 e. The van der Waals surface area contributed by atoms with Crippen LogP contribution in [0.4, 0.5) is 10.5 Å². The number of hydrogen-bond donors (Lipinski definition) is 1. The van der Waals surface area contributed by atoms with Gasteiger partial charge in [0.1, 0.15) is 23.3 Å². The molecule has 0 radical (unpaired) electrons. The van der Waals surface area contributed by atoms with Gasteiger partial charge in [-0.25, -0.2) is 4.79 Å². The van der Waals surface area contributed by atoms with E-state index in [1.54, 1.807) is 6.92 Å². The van der Waals surface area contributed by atoms with Gasteiger partial charge in [-0.3, -0.25) is 10.1 Å². The van der Waals surface area contributed by atoms with Crippen LogP contribution in [0.3, 0.4) is 0 Å². The summed E-state index contributed by atoms with van der Waals surface area (Å²) in [6.45, 7) is 3.59. The van der Waals surface area contributed by atoms with Crippen LogP contribution in [0.25, 0.3) is 22.5 Å². The van der Waals surface area contributed by atoms with Gasteiger partial charge in [0, 0.05) is 18.4 Å². The summed E-state index contributed by atoms with van der Waals surface area (Å²) in [5.74, 6) is 0.729. The second kappa shape index (κ2) is 8.98. The molecule has 1 heterocycles. The molecule has 0 fully saturated rings. The van der Waals surface area contributed by atoms with E-state index in [1.165, 1.54) is 0 Å². The largest absolute Gasteiger partial charge is 0.441 e. The van der Waals surface area contributed by atoms with Crippen molar-refractivity contribution in [2.75, 3.05) is 5.32 Å². The topological polar surface area (TPSA) is 81.4 Å². The molecule has 1 aromatic heterocycles. The van der Waals surface area contributed by atoms with Gasteiger partial charge in [-0.15, -0.1) is 0 Å². The zero-order chi connectivity index (χ0) is 23.7. The number of fused-ring (bicyclic) bond motifs is 1. The molecule has 1 aliphatic carbocycles. The van der Waals surface area contributed by atoms with E-state index in [2.05, 4.69) is 16.5 Å². The first kappa shape index (κ1) is 21.6. The molecular formula is C28H24N2O4. The molecule has 1 atom stereocenters. The van der Waals surface area contributed by atoms with Crippen LogP contribution in [-0.2, 0) is 22.4 Å². The van der Waals surface area contributed by atoms with Crippen LogP contribution in [0.5, 0.6) is 0 Å². The number of carbonyl (C=O) groups excluding carboxylic acids is 2. The number of ketones is 1. The Balaban J connectivity index is 1.33. The first-order valence-corrected chi connectivity index (χ1v) is 11.2. The Morgan fingerprint density at radius 3 is 2.38 bits per heavy atom. The smallest absolute Gasteiger partial charge is 0.412 e. The van der Waals surface area contributed by atoms with Gasteiger partial charge >= 0.3 is 6.09 Å². The molecule has 1 N–H and O–H groups in total. The highest BCUT2D eigenvalue weighted by Gasteiger charge is 2.21. The van der Waals surface area contributed by atoms with Crippen molar-refractivity contribution in [2.45, 2.75) is 32.8 Å². The van der Waals surface area contributed by atoms with Crippen molar-refractivity contribution in [3.05, 3.63) is 95.2 Å². The summed E-state index contributed by atoms with van der Waals surface area (Å²) in [5, 5.41) is 6.82. The first-order valence-electron chi connectivity index (χ1n) is 11.2. The average molecular weight is 453 g/mol. The van der Waals surface area contributed by atoms with E-state index in [9.17, 15) is 9.59 Å². The summed E-state index contributed by atoms with van der Waals surface area (Å²) in [5.41, 5.74) is 7.05. The van der Waals surface area contributed by atoms with Crippen LogP contribution in [-0.4, -0.2) is 17.0 Å². The lowest BCUT2D eigenvalue weighted by Gasteiger charge is -2.14. The van der Waals surface area contributed by atoms with Gasteiger partial charge in [-0.2, -0.15) is 0 Å². The quantitative estimate of drug-likeness (QED) is 0.385. The maximum atomic E-state index is 12.6. The SMILES string of the molecule is Cc1noc(-c2ccc(-c3ccc4c(c3)CC(=O)C4)cc2)c1NC(=O)OC(C)c1ccccc1. The molecule has 3 aromatic carbocycles. The summed E-state index contributed by atoms with van der Waals surface area (Å²) in [6, 6.07) is 23.6. The highest BCUT2D eigenvalue weighted by molar-refractivity contribution is 5.91. The van der Waals surface area contributed by atoms with Crippen molar-refractivity contribution in [1.29, 1.82) is 0 Å². The number of hydrogen-bond acceptors (Lipinski definition) is 5. The van der Waals surface area contributed by atoms with E-state index in [0.717, 1.165) is 33.4 Å². The molecule has 0 saturated heterocycles. The molecule has 0 saturated carbocycles. The Labute approximate surface area is 197 Å². The van der Waals surface area contributed by atoms with Gasteiger partial charge < -0.3 is 9.26 Å². The molecule has 6 nitrogen and oxygen atoms in total. The molecule has 0 aliphatic heterocycles. The summed E-state index contributed by atoms with van der Waals surface area (Å²) in [7, 11) is 0. The maximum absolute atomic E-state index is 12.6. The van der Waals surface area contributed by atoms with Gasteiger partial charge in [0.05, 0.1) is 0 Å². The highest BCUT2D eigenvalue weighted by Crippen LogP contribution is 2.34. The predicted molar refractivity (Wildman–Crippen MR) is 129 cm³/mol. The van der Waals surface area contributed by atoms with Gasteiger partial charge in [-0.05, 0) is 41.7 Å². The number of anilines is 1. The average Bonchev–Trinajstić information content (AvgIpc) is 3.40. The van der Waals surface area contributed by atoms with Crippen molar-refractivity contribution >= 4 is 17.6 Å². The fraction of sp³-hybridized carbons (Fsp3) is 0.179. The van der Waals surface area contributed by atoms with Crippen LogP contribution < -0.4 is 5.32 Å². The minimum atomic E-state index is -0.576. The maximum Gasteiger partial charge on any atom is 0.412 e. The number of rotatable bonds is 5. The number of aromatic nitrogens is 1. The second-order valence-electron chi connectivity index (χ2n) is 8.51. The van der Waals surface area contributed by atoms with Crippen LogP contribution in [0, 0.1) is 6.92 Å². The molecule has 1 unspecified atom stereocenters. The van der Waals surface area contributed by atoms with Crippen molar-refractivity contribution in [3.63, 3.8) is 0 Å². The van der Waals surface area contributed by atoms with Crippen molar-refractivity contribution in [2.24, 2.45) is 0 Å². The van der Waals surface area contributed by atoms with E-state index in [1.807, 2.05) is 73.7 Å². The molecule has 0 spiro atoms. The highest BCUT2D eigenvalue weighted by atomic mass is 16.6. The molecule has 4 aromatic rings. The van der Waals surface area contributed by atoms with Crippen LogP contribution in [0.2, 0.25) is 0 Å². The molecule has 6 heteroatoms. The minimum absolute atomic E-state index is 0.264. The van der Waals surface area contributed by atoms with E-state index in [4.69, 9.17) is 9.26 Å². The van der Waals surface area contributed by atoms with Gasteiger partial charge in [0.2, 0.25) is 0 Å². The lowest BCUT2D eigenvalue weighted by Crippen LogP contribution is -2.16. The van der Waals surface area contributed by atoms with Gasteiger partial charge in [0.15, 0.2) is 5.76 Å². The monoisotopic (exact) mass is 452 g/mol. The van der Waals surface area contributed by atoms with Gasteiger partial charge in [0.25, 0.3) is 0 Å². The lowest BCUT2D eigenvalue weighted by molar-refractivity contribution is -0.117. The molecule has 1 aliphatic rings. The zero-order valence-electron chi connectivity index (χ0n) is 19.0. The van der Waals surface area contributed by atoms with Crippen LogP contribution >= 0.6 is 0 Å². The Morgan fingerprint density at radius 1 is 0.941 bits per heavy atom. The van der Waals surface area contributed by atoms with E-state index in [0.29, 0.717) is 30.0 Å². The number of amides is 1. The zero-order valence-corrected chi connectivity index (χ0v) is 19.0. The summed E-state index contributed by atoms with van der Waals surface area (Å²) in [4.78, 5) is 24.3. The molecule has 5 rings (SSSR count). The predicted octanol–water partition coefficient (Wildman–Crippen LogP) is 6.29. The van der Waals surface area contributed by atoms with Crippen molar-refractivity contribution in [3.8, 4) is 22.5 Å². The summed E-state index contributed by atoms with van der Waals surface area (Å²) < 4.78 is 11.1. The third-order valence-electron chi connectivity index (χ3n) is 6.10. The molecular weight excluding hydrogens is 428 g/mol. The van der Waals surface area contributed by atoms with E-state index < -0.39 is 12.2 Å². The fourth-order valence-electron chi connectivity index (χ4n) is 4.24. The fourth-order valence-corrected chi connectivity index (χ4v) is 4.24. The van der Waals surface area contributed by atoms with Crippen molar-refractivity contribution < 1.29 is 18.8 Å². The normalized spacial score (nSPS) is 13.4. The van der Waals surface area contributed by atoms with Crippen LogP contribution in [0.15, 0.2) is 77.3 Å². The van der Waals surface area contributed by atoms with E-state index >= 15 is 0 Å².